The molecule has 3 aromatic carbocycles. The Balaban J connectivity index is 1.67. The molecule has 0 bridgehead atoms. The van der Waals surface area contributed by atoms with Gasteiger partial charge < -0.3 is 9.84 Å². The number of ether oxygens (including phenoxy) is 1. The predicted octanol–water partition coefficient (Wildman–Crippen LogP) is 6.02. The summed E-state index contributed by atoms with van der Waals surface area (Å²) in [6, 6.07) is 20.2. The van der Waals surface area contributed by atoms with Crippen molar-refractivity contribution in [2.45, 2.75) is 32.6 Å². The Bertz CT molecular complexity index is 1020. The number of carboxylic acid groups (broad SMARTS) is 1. The van der Waals surface area contributed by atoms with Crippen molar-refractivity contribution in [3.05, 3.63) is 89.0 Å². The molecule has 0 fully saturated rings. The molecule has 3 rings (SSSR count). The van der Waals surface area contributed by atoms with Gasteiger partial charge in [0.15, 0.2) is 6.61 Å². The summed E-state index contributed by atoms with van der Waals surface area (Å²) in [7, 11) is 0. The highest BCUT2D eigenvalue weighted by molar-refractivity contribution is 5.68. The molecular weight excluding hydrogens is 386 g/mol. The summed E-state index contributed by atoms with van der Waals surface area (Å²) in [6.07, 6.45) is 1.65. The van der Waals surface area contributed by atoms with Crippen LogP contribution in [0.3, 0.4) is 0 Å². The van der Waals surface area contributed by atoms with Crippen molar-refractivity contribution in [1.82, 2.24) is 0 Å². The molecular formula is C25H24F2O3. The Hall–Kier alpha value is -3.21. The summed E-state index contributed by atoms with van der Waals surface area (Å²) in [5.74, 6) is -3.27. The van der Waals surface area contributed by atoms with E-state index in [1.807, 2.05) is 31.2 Å². The van der Waals surface area contributed by atoms with Crippen LogP contribution >= 0.6 is 0 Å². The maximum absolute atomic E-state index is 13.4. The third-order valence-electron chi connectivity index (χ3n) is 4.94. The Morgan fingerprint density at radius 1 is 0.933 bits per heavy atom. The molecule has 0 amide bonds. The number of aryl methyl sites for hydroxylation is 3. The fourth-order valence-corrected chi connectivity index (χ4v) is 3.32. The number of benzene rings is 3. The Labute approximate surface area is 175 Å². The van der Waals surface area contributed by atoms with Crippen LogP contribution in [0.25, 0.3) is 11.1 Å². The van der Waals surface area contributed by atoms with Crippen molar-refractivity contribution in [2.24, 2.45) is 0 Å². The van der Waals surface area contributed by atoms with E-state index < -0.39 is 11.9 Å². The summed E-state index contributed by atoms with van der Waals surface area (Å²) in [4.78, 5) is 10.6. The van der Waals surface area contributed by atoms with Crippen LogP contribution in [0.5, 0.6) is 5.75 Å². The van der Waals surface area contributed by atoms with Gasteiger partial charge in [0, 0.05) is 12.5 Å². The molecule has 3 nitrogen and oxygen atoms in total. The van der Waals surface area contributed by atoms with E-state index in [4.69, 9.17) is 9.84 Å². The molecule has 0 aliphatic carbocycles. The second-order valence-corrected chi connectivity index (χ2v) is 7.45. The minimum atomic E-state index is -2.84. The lowest BCUT2D eigenvalue weighted by Crippen LogP contribution is -2.10. The molecule has 0 atom stereocenters. The first-order valence-corrected chi connectivity index (χ1v) is 9.74. The number of halogens is 2. The quantitative estimate of drug-likeness (QED) is 0.494. The molecule has 0 heterocycles. The highest BCUT2D eigenvalue weighted by Crippen LogP contribution is 2.29. The molecule has 5 heteroatoms. The predicted molar refractivity (Wildman–Crippen MR) is 113 cm³/mol. The summed E-state index contributed by atoms with van der Waals surface area (Å²) in [6.45, 7) is 2.43. The molecule has 0 spiro atoms. The average molecular weight is 410 g/mol. The number of alkyl halides is 2. The lowest BCUT2D eigenvalue weighted by atomic mass is 9.97. The molecule has 3 aromatic rings. The molecule has 0 aliphatic heterocycles. The first-order valence-electron chi connectivity index (χ1n) is 9.74. The fourth-order valence-electron chi connectivity index (χ4n) is 3.32. The van der Waals surface area contributed by atoms with Crippen LogP contribution in [0.4, 0.5) is 8.78 Å². The molecule has 1 N–H and O–H groups in total. The van der Waals surface area contributed by atoms with Crippen LogP contribution < -0.4 is 4.74 Å². The molecule has 0 aromatic heterocycles. The van der Waals surface area contributed by atoms with Gasteiger partial charge in [0.05, 0.1) is 0 Å². The highest BCUT2D eigenvalue weighted by atomic mass is 19.3. The van der Waals surface area contributed by atoms with Gasteiger partial charge in [-0.25, -0.2) is 13.6 Å². The normalized spacial score (nSPS) is 11.3. The van der Waals surface area contributed by atoms with Crippen molar-refractivity contribution in [2.75, 3.05) is 6.61 Å². The number of rotatable bonds is 8. The zero-order valence-electron chi connectivity index (χ0n) is 17.0. The van der Waals surface area contributed by atoms with Crippen LogP contribution in [-0.2, 0) is 23.6 Å². The highest BCUT2D eigenvalue weighted by Gasteiger charge is 2.23. The van der Waals surface area contributed by atoms with Gasteiger partial charge in [0.2, 0.25) is 0 Å². The molecule has 0 unspecified atom stereocenters. The van der Waals surface area contributed by atoms with E-state index in [9.17, 15) is 13.6 Å². The number of hydrogen-bond acceptors (Lipinski definition) is 2. The Kier molecular flexibility index (Phi) is 6.50. The summed E-state index contributed by atoms with van der Waals surface area (Å²) in [5, 5.41) is 8.73. The second-order valence-electron chi connectivity index (χ2n) is 7.45. The van der Waals surface area contributed by atoms with Crippen molar-refractivity contribution in [3.63, 3.8) is 0 Å². The summed E-state index contributed by atoms with van der Waals surface area (Å²) in [5.41, 5.74) is 5.09. The van der Waals surface area contributed by atoms with Gasteiger partial charge in [0.1, 0.15) is 5.75 Å². The monoisotopic (exact) mass is 410 g/mol. The largest absolute Gasteiger partial charge is 0.482 e. The topological polar surface area (TPSA) is 46.5 Å². The minimum Gasteiger partial charge on any atom is -0.482 e. The minimum absolute atomic E-state index is 0.00792. The standard InChI is InChI=1S/C25H24F2O3/c1-17-14-19(8-13-23(17)30-16-24(28)29)7-6-18-4-3-5-21(15-18)20-9-11-22(12-10-20)25(2,26)27/h3-5,8-15H,6-7,16H2,1-2H3,(H,28,29). The van der Waals surface area contributed by atoms with E-state index in [1.54, 1.807) is 18.2 Å². The van der Waals surface area contributed by atoms with Gasteiger partial charge in [-0.15, -0.1) is 0 Å². The van der Waals surface area contributed by atoms with E-state index in [0.717, 1.165) is 47.6 Å². The van der Waals surface area contributed by atoms with E-state index in [-0.39, 0.29) is 12.2 Å². The fraction of sp³-hybridized carbons (Fsp3) is 0.240. The van der Waals surface area contributed by atoms with Crippen LogP contribution in [0, 0.1) is 6.92 Å². The van der Waals surface area contributed by atoms with Crippen molar-refractivity contribution >= 4 is 5.97 Å². The van der Waals surface area contributed by atoms with E-state index >= 15 is 0 Å². The van der Waals surface area contributed by atoms with E-state index in [1.165, 1.54) is 12.1 Å². The van der Waals surface area contributed by atoms with Crippen molar-refractivity contribution in [1.29, 1.82) is 0 Å². The molecule has 0 radical (unpaired) electrons. The third-order valence-corrected chi connectivity index (χ3v) is 4.94. The SMILES string of the molecule is Cc1cc(CCc2cccc(-c3ccc(C(C)(F)F)cc3)c2)ccc1OCC(=O)O. The third kappa shape index (κ3) is 5.66. The number of carboxylic acids is 1. The number of hydrogen-bond donors (Lipinski definition) is 1. The van der Waals surface area contributed by atoms with E-state index in [2.05, 4.69) is 12.1 Å². The van der Waals surface area contributed by atoms with Gasteiger partial charge in [-0.1, -0.05) is 60.7 Å². The zero-order chi connectivity index (χ0) is 21.7. The molecule has 0 saturated carbocycles. The van der Waals surface area contributed by atoms with Gasteiger partial charge in [-0.05, 0) is 53.6 Å². The molecule has 30 heavy (non-hydrogen) atoms. The van der Waals surface area contributed by atoms with Gasteiger partial charge in [0.25, 0.3) is 5.92 Å². The number of aliphatic carboxylic acids is 1. The van der Waals surface area contributed by atoms with Gasteiger partial charge in [-0.3, -0.25) is 0 Å². The average Bonchev–Trinajstić information content (AvgIpc) is 2.71. The van der Waals surface area contributed by atoms with Crippen LogP contribution in [-0.4, -0.2) is 17.7 Å². The first-order chi connectivity index (χ1) is 14.2. The summed E-state index contributed by atoms with van der Waals surface area (Å²) >= 11 is 0. The van der Waals surface area contributed by atoms with Gasteiger partial charge in [-0.2, -0.15) is 0 Å². The van der Waals surface area contributed by atoms with E-state index in [0.29, 0.717) is 5.75 Å². The Morgan fingerprint density at radius 3 is 2.20 bits per heavy atom. The summed E-state index contributed by atoms with van der Waals surface area (Å²) < 4.78 is 32.1. The second kappa shape index (κ2) is 9.08. The van der Waals surface area contributed by atoms with Crippen LogP contribution in [0.1, 0.15) is 29.2 Å². The van der Waals surface area contributed by atoms with Gasteiger partial charge >= 0.3 is 5.97 Å². The smallest absolute Gasteiger partial charge is 0.341 e. The zero-order valence-corrected chi connectivity index (χ0v) is 17.0. The molecule has 0 saturated heterocycles. The van der Waals surface area contributed by atoms with Crippen LogP contribution in [0.15, 0.2) is 66.7 Å². The van der Waals surface area contributed by atoms with Crippen molar-refractivity contribution < 1.29 is 23.4 Å². The first kappa shape index (κ1) is 21.5. The number of carbonyl (C=O) groups is 1. The molecule has 0 aliphatic rings. The molecule has 156 valence electrons. The lowest BCUT2D eigenvalue weighted by molar-refractivity contribution is -0.139. The van der Waals surface area contributed by atoms with Crippen molar-refractivity contribution in [3.8, 4) is 16.9 Å². The Morgan fingerprint density at radius 2 is 1.60 bits per heavy atom. The lowest BCUT2D eigenvalue weighted by Gasteiger charge is -2.12. The maximum Gasteiger partial charge on any atom is 0.341 e. The maximum atomic E-state index is 13.4. The van der Waals surface area contributed by atoms with Crippen LogP contribution in [0.2, 0.25) is 0 Å².